The van der Waals surface area contributed by atoms with Crippen molar-refractivity contribution in [2.45, 2.75) is 19.5 Å². The van der Waals surface area contributed by atoms with Crippen LogP contribution in [0.2, 0.25) is 0 Å². The van der Waals surface area contributed by atoms with Gasteiger partial charge in [0.05, 0.1) is 13.7 Å². The minimum absolute atomic E-state index is 0.125. The van der Waals surface area contributed by atoms with Crippen LogP contribution in [0.5, 0.6) is 5.75 Å². The maximum Gasteiger partial charge on any atom is 0.272 e. The van der Waals surface area contributed by atoms with Crippen molar-refractivity contribution in [2.24, 2.45) is 0 Å². The standard InChI is InChI=1S/C23H24N4O3/c1-30-19-9-5-8-18(14-19)16-26-12-13-27-21(23(26)29)15-20(25-27)22(28)24-11-10-17-6-3-2-4-7-17/h2-9,14-15H,10-13,16H2,1H3,(H,24,28). The first kappa shape index (κ1) is 19.7. The molecule has 0 radical (unpaired) electrons. The van der Waals surface area contributed by atoms with Crippen molar-refractivity contribution in [3.63, 3.8) is 0 Å². The Bertz CT molecular complexity index is 1050. The van der Waals surface area contributed by atoms with Crippen LogP contribution in [0.15, 0.2) is 60.7 Å². The van der Waals surface area contributed by atoms with Gasteiger partial charge in [0.1, 0.15) is 11.4 Å². The normalized spacial score (nSPS) is 13.1. The molecule has 154 valence electrons. The molecule has 1 N–H and O–H groups in total. The lowest BCUT2D eigenvalue weighted by Gasteiger charge is -2.27. The first-order chi connectivity index (χ1) is 14.6. The van der Waals surface area contributed by atoms with Crippen LogP contribution < -0.4 is 10.1 Å². The first-order valence-corrected chi connectivity index (χ1v) is 9.96. The van der Waals surface area contributed by atoms with Crippen LogP contribution in [0.1, 0.15) is 32.1 Å². The van der Waals surface area contributed by atoms with Crippen molar-refractivity contribution in [1.82, 2.24) is 20.0 Å². The van der Waals surface area contributed by atoms with E-state index in [1.807, 2.05) is 54.6 Å². The number of fused-ring (bicyclic) bond motifs is 1. The third-order valence-corrected chi connectivity index (χ3v) is 5.15. The summed E-state index contributed by atoms with van der Waals surface area (Å²) < 4.78 is 6.88. The lowest BCUT2D eigenvalue weighted by atomic mass is 10.1. The van der Waals surface area contributed by atoms with Crippen molar-refractivity contribution >= 4 is 11.8 Å². The van der Waals surface area contributed by atoms with Crippen LogP contribution in [0, 0.1) is 0 Å². The van der Waals surface area contributed by atoms with Crippen LogP contribution in [0.25, 0.3) is 0 Å². The second-order valence-corrected chi connectivity index (χ2v) is 7.21. The van der Waals surface area contributed by atoms with E-state index >= 15 is 0 Å². The van der Waals surface area contributed by atoms with Gasteiger partial charge in [-0.2, -0.15) is 5.10 Å². The van der Waals surface area contributed by atoms with Gasteiger partial charge >= 0.3 is 0 Å². The largest absolute Gasteiger partial charge is 0.497 e. The molecule has 3 aromatic rings. The number of nitrogens with zero attached hydrogens (tertiary/aromatic N) is 3. The summed E-state index contributed by atoms with van der Waals surface area (Å²) in [5, 5.41) is 7.21. The van der Waals surface area contributed by atoms with E-state index in [1.165, 1.54) is 0 Å². The van der Waals surface area contributed by atoms with Gasteiger partial charge in [-0.25, -0.2) is 0 Å². The number of aromatic nitrogens is 2. The molecule has 0 unspecified atom stereocenters. The monoisotopic (exact) mass is 404 g/mol. The number of hydrogen-bond donors (Lipinski definition) is 1. The fourth-order valence-electron chi connectivity index (χ4n) is 3.55. The molecule has 0 fully saturated rings. The second kappa shape index (κ2) is 8.82. The van der Waals surface area contributed by atoms with E-state index in [1.54, 1.807) is 22.8 Å². The van der Waals surface area contributed by atoms with Gasteiger partial charge in [-0.15, -0.1) is 0 Å². The molecule has 30 heavy (non-hydrogen) atoms. The Morgan fingerprint density at radius 3 is 2.67 bits per heavy atom. The Morgan fingerprint density at radius 1 is 1.07 bits per heavy atom. The molecule has 1 aliphatic rings. The minimum Gasteiger partial charge on any atom is -0.497 e. The number of nitrogens with one attached hydrogen (secondary N) is 1. The van der Waals surface area contributed by atoms with Crippen LogP contribution in [0.4, 0.5) is 0 Å². The summed E-state index contributed by atoms with van der Waals surface area (Å²) in [5.41, 5.74) is 2.87. The number of rotatable bonds is 7. The summed E-state index contributed by atoms with van der Waals surface area (Å²) in [6, 6.07) is 19.2. The molecule has 2 amide bonds. The molecule has 0 bridgehead atoms. The highest BCUT2D eigenvalue weighted by atomic mass is 16.5. The average molecular weight is 404 g/mol. The van der Waals surface area contributed by atoms with E-state index in [0.29, 0.717) is 31.9 Å². The third kappa shape index (κ3) is 4.35. The van der Waals surface area contributed by atoms with Crippen LogP contribution in [0.3, 0.4) is 0 Å². The number of amides is 2. The highest BCUT2D eigenvalue weighted by Gasteiger charge is 2.28. The zero-order valence-corrected chi connectivity index (χ0v) is 16.9. The molecule has 0 spiro atoms. The number of carbonyl (C=O) groups excluding carboxylic acids is 2. The summed E-state index contributed by atoms with van der Waals surface area (Å²) in [6.07, 6.45) is 0.743. The van der Waals surface area contributed by atoms with Crippen LogP contribution in [-0.2, 0) is 19.5 Å². The summed E-state index contributed by atoms with van der Waals surface area (Å²) >= 11 is 0. The van der Waals surface area contributed by atoms with Gasteiger partial charge in [0.15, 0.2) is 5.69 Å². The van der Waals surface area contributed by atoms with E-state index < -0.39 is 0 Å². The van der Waals surface area contributed by atoms with E-state index in [9.17, 15) is 9.59 Å². The lowest BCUT2D eigenvalue weighted by molar-refractivity contribution is 0.0683. The number of ether oxygens (including phenoxy) is 1. The van der Waals surface area contributed by atoms with E-state index in [0.717, 1.165) is 23.3 Å². The molecule has 4 rings (SSSR count). The van der Waals surface area contributed by atoms with Crippen molar-refractivity contribution in [3.8, 4) is 5.75 Å². The molecule has 1 aliphatic heterocycles. The Kier molecular flexibility index (Phi) is 5.79. The van der Waals surface area contributed by atoms with Crippen LogP contribution in [-0.4, -0.2) is 46.7 Å². The number of methoxy groups -OCH3 is 1. The van der Waals surface area contributed by atoms with Gasteiger partial charge in [-0.1, -0.05) is 42.5 Å². The van der Waals surface area contributed by atoms with Crippen molar-refractivity contribution in [1.29, 1.82) is 0 Å². The third-order valence-electron chi connectivity index (χ3n) is 5.15. The van der Waals surface area contributed by atoms with E-state index in [-0.39, 0.29) is 17.5 Å². The maximum atomic E-state index is 12.9. The highest BCUT2D eigenvalue weighted by molar-refractivity contribution is 5.98. The van der Waals surface area contributed by atoms with Gasteiger partial charge in [0.2, 0.25) is 0 Å². The molecule has 0 aliphatic carbocycles. The average Bonchev–Trinajstić information content (AvgIpc) is 3.22. The highest BCUT2D eigenvalue weighted by Crippen LogP contribution is 2.19. The molecule has 2 heterocycles. The zero-order chi connectivity index (χ0) is 20.9. The summed E-state index contributed by atoms with van der Waals surface area (Å²) in [6.45, 7) is 2.10. The fourth-order valence-corrected chi connectivity index (χ4v) is 3.55. The maximum absolute atomic E-state index is 12.9. The lowest BCUT2D eigenvalue weighted by Crippen LogP contribution is -2.39. The second-order valence-electron chi connectivity index (χ2n) is 7.21. The Hall–Kier alpha value is -3.61. The van der Waals surface area contributed by atoms with Gasteiger partial charge in [0, 0.05) is 25.7 Å². The Morgan fingerprint density at radius 2 is 1.87 bits per heavy atom. The van der Waals surface area contributed by atoms with Gasteiger partial charge < -0.3 is 15.0 Å². The molecule has 7 nitrogen and oxygen atoms in total. The van der Waals surface area contributed by atoms with Gasteiger partial charge in [-0.3, -0.25) is 14.3 Å². The van der Waals surface area contributed by atoms with Crippen LogP contribution >= 0.6 is 0 Å². The zero-order valence-electron chi connectivity index (χ0n) is 16.9. The van der Waals surface area contributed by atoms with Crippen molar-refractivity contribution in [2.75, 3.05) is 20.2 Å². The molecule has 0 atom stereocenters. The molecular weight excluding hydrogens is 380 g/mol. The summed E-state index contributed by atoms with van der Waals surface area (Å²) in [7, 11) is 1.62. The molecule has 1 aromatic heterocycles. The molecule has 2 aromatic carbocycles. The smallest absolute Gasteiger partial charge is 0.272 e. The summed E-state index contributed by atoms with van der Waals surface area (Å²) in [5.74, 6) is 0.372. The van der Waals surface area contributed by atoms with E-state index in [4.69, 9.17) is 4.74 Å². The number of benzene rings is 2. The van der Waals surface area contributed by atoms with Crippen molar-refractivity contribution < 1.29 is 14.3 Å². The number of carbonyl (C=O) groups is 2. The topological polar surface area (TPSA) is 76.5 Å². The first-order valence-electron chi connectivity index (χ1n) is 9.96. The molecular formula is C23H24N4O3. The van der Waals surface area contributed by atoms with Crippen molar-refractivity contribution in [3.05, 3.63) is 83.2 Å². The SMILES string of the molecule is COc1cccc(CN2CCn3nc(C(=O)NCCc4ccccc4)cc3C2=O)c1. The Labute approximate surface area is 175 Å². The number of hydrogen-bond acceptors (Lipinski definition) is 4. The fraction of sp³-hybridized carbons (Fsp3) is 0.261. The predicted octanol–water partition coefficient (Wildman–Crippen LogP) is 2.52. The Balaban J connectivity index is 1.39. The van der Waals surface area contributed by atoms with Gasteiger partial charge in [-0.05, 0) is 29.7 Å². The molecule has 0 saturated carbocycles. The van der Waals surface area contributed by atoms with E-state index in [2.05, 4.69) is 10.4 Å². The summed E-state index contributed by atoms with van der Waals surface area (Å²) in [4.78, 5) is 27.2. The molecule has 7 heteroatoms. The predicted molar refractivity (Wildman–Crippen MR) is 112 cm³/mol. The quantitative estimate of drug-likeness (QED) is 0.657. The van der Waals surface area contributed by atoms with Gasteiger partial charge in [0.25, 0.3) is 11.8 Å². The minimum atomic E-state index is -0.264. The molecule has 0 saturated heterocycles.